The Morgan fingerprint density at radius 1 is 1.21 bits per heavy atom. The predicted molar refractivity (Wildman–Crippen MR) is 105 cm³/mol. The summed E-state index contributed by atoms with van der Waals surface area (Å²) in [5.41, 5.74) is 1.07. The van der Waals surface area contributed by atoms with Gasteiger partial charge in [-0.1, -0.05) is 13.0 Å². The fraction of sp³-hybridized carbons (Fsp3) is 0.381. The van der Waals surface area contributed by atoms with Crippen LogP contribution in [0.1, 0.15) is 35.8 Å². The fourth-order valence-electron chi connectivity index (χ4n) is 3.95. The number of anilines is 1. The zero-order valence-electron chi connectivity index (χ0n) is 18.0. The molecular formula is C21H19F6N3O4. The topological polar surface area (TPSA) is 104 Å². The molecule has 0 aliphatic carbocycles. The highest BCUT2D eigenvalue weighted by molar-refractivity contribution is 5.97. The molecule has 13 heteroatoms. The summed E-state index contributed by atoms with van der Waals surface area (Å²) in [6, 6.07) is 3.31. The van der Waals surface area contributed by atoms with Gasteiger partial charge in [0.05, 0.1) is 7.11 Å². The van der Waals surface area contributed by atoms with Crippen LogP contribution in [0.2, 0.25) is 0 Å². The van der Waals surface area contributed by atoms with Crippen LogP contribution in [0.5, 0.6) is 5.75 Å². The average molecular weight is 491 g/mol. The molecule has 2 aromatic rings. The molecule has 1 aliphatic rings. The lowest BCUT2D eigenvalue weighted by molar-refractivity contribution is -0.272. The molecule has 1 aromatic carbocycles. The minimum absolute atomic E-state index is 0.235. The molecule has 0 bridgehead atoms. The van der Waals surface area contributed by atoms with E-state index in [-0.39, 0.29) is 11.3 Å². The maximum atomic E-state index is 14.4. The number of ether oxygens (including phenoxy) is 2. The van der Waals surface area contributed by atoms with Gasteiger partial charge in [0.2, 0.25) is 11.8 Å². The van der Waals surface area contributed by atoms with Gasteiger partial charge in [0, 0.05) is 29.2 Å². The van der Waals surface area contributed by atoms with Gasteiger partial charge in [0.1, 0.15) is 11.8 Å². The van der Waals surface area contributed by atoms with E-state index < -0.39 is 70.6 Å². The Hall–Kier alpha value is -3.35. The third-order valence-electron chi connectivity index (χ3n) is 5.88. The summed E-state index contributed by atoms with van der Waals surface area (Å²) in [5, 5.41) is 2.17. The molecule has 2 heterocycles. The average Bonchev–Trinajstić information content (AvgIpc) is 3.01. The van der Waals surface area contributed by atoms with Crippen molar-refractivity contribution in [1.82, 2.24) is 4.98 Å². The van der Waals surface area contributed by atoms with Crippen molar-refractivity contribution in [2.45, 2.75) is 37.6 Å². The van der Waals surface area contributed by atoms with Crippen LogP contribution in [0.25, 0.3) is 0 Å². The lowest BCUT2D eigenvalue weighted by Crippen LogP contribution is -2.47. The van der Waals surface area contributed by atoms with Crippen molar-refractivity contribution in [2.75, 3.05) is 12.4 Å². The van der Waals surface area contributed by atoms with Crippen LogP contribution in [0.15, 0.2) is 24.3 Å². The zero-order valence-corrected chi connectivity index (χ0v) is 18.0. The molecule has 1 aromatic heterocycles. The van der Waals surface area contributed by atoms with E-state index in [1.165, 1.54) is 0 Å². The molecule has 0 radical (unpaired) electrons. The standard InChI is InChI=1S/C21H19F6N3O4/c1-8-14(10-4-5-11(22)15(24)16(10)33-3)17(34-20(8,2)21(25,26)27)19(32)29-9-6-12(18(28)31)30-13(23)7-9/h4-8,14,17H,1-3H3,(H2,28,31)(H,29,30,32). The number of nitrogens with two attached hydrogens (primary N) is 1. The third kappa shape index (κ3) is 4.27. The second-order valence-corrected chi connectivity index (χ2v) is 7.86. The number of primary amides is 1. The molecule has 2 amide bonds. The van der Waals surface area contributed by atoms with Crippen LogP contribution in [-0.2, 0) is 9.53 Å². The van der Waals surface area contributed by atoms with Crippen LogP contribution in [0, 0.1) is 23.5 Å². The summed E-state index contributed by atoms with van der Waals surface area (Å²) < 4.78 is 93.7. The van der Waals surface area contributed by atoms with E-state index in [9.17, 15) is 35.9 Å². The molecule has 4 atom stereocenters. The number of methoxy groups -OCH3 is 1. The molecule has 4 unspecified atom stereocenters. The van der Waals surface area contributed by atoms with Gasteiger partial charge in [-0.3, -0.25) is 9.59 Å². The first kappa shape index (κ1) is 25.3. The first-order chi connectivity index (χ1) is 15.7. The summed E-state index contributed by atoms with van der Waals surface area (Å²) in [5.74, 6) is -9.85. The normalized spacial score (nSPS) is 24.7. The molecule has 0 spiro atoms. The van der Waals surface area contributed by atoms with Crippen molar-refractivity contribution in [3.63, 3.8) is 0 Å². The van der Waals surface area contributed by atoms with Gasteiger partial charge in [0.15, 0.2) is 17.2 Å². The minimum atomic E-state index is -4.95. The Morgan fingerprint density at radius 2 is 1.85 bits per heavy atom. The lowest BCUT2D eigenvalue weighted by atomic mass is 9.77. The molecule has 184 valence electrons. The highest BCUT2D eigenvalue weighted by Crippen LogP contribution is 2.55. The number of benzene rings is 1. The molecule has 3 N–H and O–H groups in total. The highest BCUT2D eigenvalue weighted by Gasteiger charge is 2.65. The van der Waals surface area contributed by atoms with E-state index in [0.29, 0.717) is 12.1 Å². The van der Waals surface area contributed by atoms with E-state index in [1.807, 2.05) is 0 Å². The van der Waals surface area contributed by atoms with Crippen molar-refractivity contribution in [1.29, 1.82) is 0 Å². The van der Waals surface area contributed by atoms with Gasteiger partial charge in [-0.25, -0.2) is 9.37 Å². The number of pyridine rings is 1. The molecule has 0 saturated carbocycles. The molecular weight excluding hydrogens is 472 g/mol. The maximum absolute atomic E-state index is 14.4. The zero-order chi connectivity index (χ0) is 25.6. The summed E-state index contributed by atoms with van der Waals surface area (Å²) >= 11 is 0. The van der Waals surface area contributed by atoms with Crippen molar-refractivity contribution in [3.8, 4) is 5.75 Å². The Bertz CT molecular complexity index is 1140. The molecule has 7 nitrogen and oxygen atoms in total. The van der Waals surface area contributed by atoms with E-state index in [2.05, 4.69) is 10.3 Å². The number of hydrogen-bond acceptors (Lipinski definition) is 5. The second-order valence-electron chi connectivity index (χ2n) is 7.86. The summed E-state index contributed by atoms with van der Waals surface area (Å²) in [6.07, 6.45) is -6.85. The number of nitrogens with zero attached hydrogens (tertiary/aromatic N) is 1. The quantitative estimate of drug-likeness (QED) is 0.491. The van der Waals surface area contributed by atoms with Crippen LogP contribution >= 0.6 is 0 Å². The van der Waals surface area contributed by atoms with E-state index >= 15 is 0 Å². The molecule has 1 aliphatic heterocycles. The van der Waals surface area contributed by atoms with Gasteiger partial charge in [-0.05, 0) is 19.1 Å². The lowest BCUT2D eigenvalue weighted by Gasteiger charge is -2.32. The molecule has 3 rings (SSSR count). The van der Waals surface area contributed by atoms with Gasteiger partial charge < -0.3 is 20.5 Å². The van der Waals surface area contributed by atoms with Gasteiger partial charge in [0.25, 0.3) is 11.8 Å². The monoisotopic (exact) mass is 491 g/mol. The van der Waals surface area contributed by atoms with Gasteiger partial charge in [-0.2, -0.15) is 22.0 Å². The van der Waals surface area contributed by atoms with Gasteiger partial charge >= 0.3 is 6.18 Å². The van der Waals surface area contributed by atoms with E-state index in [4.69, 9.17) is 15.2 Å². The van der Waals surface area contributed by atoms with Crippen LogP contribution < -0.4 is 15.8 Å². The highest BCUT2D eigenvalue weighted by atomic mass is 19.4. The first-order valence-corrected chi connectivity index (χ1v) is 9.76. The smallest absolute Gasteiger partial charge is 0.417 e. The summed E-state index contributed by atoms with van der Waals surface area (Å²) in [4.78, 5) is 27.6. The molecule has 1 saturated heterocycles. The number of nitrogens with one attached hydrogen (secondary N) is 1. The Labute approximate surface area is 189 Å². The molecule has 1 fully saturated rings. The van der Waals surface area contributed by atoms with Crippen LogP contribution in [0.4, 0.5) is 32.0 Å². The number of amides is 2. The van der Waals surface area contributed by atoms with Crippen LogP contribution in [-0.4, -0.2) is 41.8 Å². The maximum Gasteiger partial charge on any atom is 0.417 e. The Kier molecular flexibility index (Phi) is 6.53. The van der Waals surface area contributed by atoms with Crippen molar-refractivity contribution in [3.05, 3.63) is 53.1 Å². The number of hydrogen-bond donors (Lipinski definition) is 2. The molecule has 34 heavy (non-hydrogen) atoms. The summed E-state index contributed by atoms with van der Waals surface area (Å²) in [7, 11) is 0.991. The van der Waals surface area contributed by atoms with Crippen molar-refractivity contribution in [2.24, 2.45) is 11.7 Å². The SMILES string of the molecule is COc1c(C2C(C(=O)Nc3cc(F)nc(C(N)=O)c3)OC(C)(C(F)(F)F)C2C)ccc(F)c1F. The Morgan fingerprint density at radius 3 is 2.41 bits per heavy atom. The fourth-order valence-corrected chi connectivity index (χ4v) is 3.95. The largest absolute Gasteiger partial charge is 0.493 e. The van der Waals surface area contributed by atoms with E-state index in [1.54, 1.807) is 0 Å². The predicted octanol–water partition coefficient (Wildman–Crippen LogP) is 3.68. The third-order valence-corrected chi connectivity index (χ3v) is 5.88. The number of carbonyl (C=O) groups excluding carboxylic acids is 2. The number of rotatable bonds is 5. The van der Waals surface area contributed by atoms with Crippen molar-refractivity contribution >= 4 is 17.5 Å². The number of halogens is 6. The first-order valence-electron chi connectivity index (χ1n) is 9.76. The number of carbonyl (C=O) groups is 2. The van der Waals surface area contributed by atoms with Crippen LogP contribution in [0.3, 0.4) is 0 Å². The minimum Gasteiger partial charge on any atom is -0.493 e. The Balaban J connectivity index is 2.09. The summed E-state index contributed by atoms with van der Waals surface area (Å²) in [6.45, 7) is 1.87. The van der Waals surface area contributed by atoms with Crippen molar-refractivity contribution < 1.29 is 45.4 Å². The van der Waals surface area contributed by atoms with E-state index in [0.717, 1.165) is 33.1 Å². The van der Waals surface area contributed by atoms with Gasteiger partial charge in [-0.15, -0.1) is 0 Å². The number of alkyl halides is 3. The number of aromatic nitrogens is 1. The second kappa shape index (κ2) is 8.78.